The van der Waals surface area contributed by atoms with Crippen LogP contribution in [0.2, 0.25) is 0 Å². The van der Waals surface area contributed by atoms with Gasteiger partial charge in [-0.3, -0.25) is 14.4 Å². The van der Waals surface area contributed by atoms with E-state index < -0.39 is 5.41 Å². The minimum atomic E-state index is -0.497. The largest absolute Gasteiger partial charge is 0.466 e. The molecule has 3 fully saturated rings. The number of ether oxygens (including phenoxy) is 1. The highest BCUT2D eigenvalue weighted by Gasteiger charge is 2.75. The van der Waals surface area contributed by atoms with Crippen molar-refractivity contribution in [2.24, 2.45) is 16.7 Å². The van der Waals surface area contributed by atoms with E-state index in [1.807, 2.05) is 37.3 Å². The molecule has 0 unspecified atom stereocenters. The maximum atomic E-state index is 14.0. The number of anilines is 1. The number of rotatable bonds is 8. The average Bonchev–Trinajstić information content (AvgIpc) is 3.27. The van der Waals surface area contributed by atoms with Crippen LogP contribution in [0.4, 0.5) is 5.69 Å². The summed E-state index contributed by atoms with van der Waals surface area (Å²) in [4.78, 5) is 39.2. The molecular formula is C25H34N2O4S. The first kappa shape index (κ1) is 23.1. The number of amides is 2. The van der Waals surface area contributed by atoms with Gasteiger partial charge < -0.3 is 4.74 Å². The first-order valence-corrected chi connectivity index (χ1v) is 12.8. The number of thioether (sulfide) groups is 1. The van der Waals surface area contributed by atoms with Gasteiger partial charge in [-0.25, -0.2) is 10.0 Å². The Morgan fingerprint density at radius 2 is 1.97 bits per heavy atom. The SMILES string of the molecule is CCOC(=O)CCS[C@@H](C)CC(=O)N1[C@@H]2C[C@H]3CC[C@]2(C(=O)N1c1ccccc1)C3(C)C. The van der Waals surface area contributed by atoms with Crippen LogP contribution in [-0.2, 0) is 19.1 Å². The van der Waals surface area contributed by atoms with Gasteiger partial charge >= 0.3 is 5.97 Å². The summed E-state index contributed by atoms with van der Waals surface area (Å²) in [7, 11) is 0. The molecule has 1 aromatic rings. The Labute approximate surface area is 195 Å². The maximum Gasteiger partial charge on any atom is 0.306 e. The maximum absolute atomic E-state index is 14.0. The van der Waals surface area contributed by atoms with Gasteiger partial charge in [-0.05, 0) is 49.7 Å². The van der Waals surface area contributed by atoms with Crippen LogP contribution in [0, 0.1) is 16.7 Å². The number of esters is 1. The average molecular weight is 459 g/mol. The smallest absolute Gasteiger partial charge is 0.306 e. The lowest BCUT2D eigenvalue weighted by Crippen LogP contribution is -2.48. The summed E-state index contributed by atoms with van der Waals surface area (Å²) >= 11 is 1.60. The van der Waals surface area contributed by atoms with E-state index in [1.165, 1.54) is 0 Å². The molecule has 7 heteroatoms. The van der Waals surface area contributed by atoms with Crippen LogP contribution in [0.15, 0.2) is 30.3 Å². The Morgan fingerprint density at radius 1 is 1.25 bits per heavy atom. The number of benzene rings is 1. The van der Waals surface area contributed by atoms with Crippen molar-refractivity contribution in [3.63, 3.8) is 0 Å². The molecule has 6 nitrogen and oxygen atoms in total. The molecule has 2 bridgehead atoms. The Bertz CT molecular complexity index is 889. The summed E-state index contributed by atoms with van der Waals surface area (Å²) in [6.07, 6.45) is 3.47. The van der Waals surface area contributed by atoms with Gasteiger partial charge in [-0.15, -0.1) is 0 Å². The summed E-state index contributed by atoms with van der Waals surface area (Å²) < 4.78 is 4.98. The van der Waals surface area contributed by atoms with Crippen molar-refractivity contribution in [2.45, 2.75) is 71.1 Å². The Morgan fingerprint density at radius 3 is 2.62 bits per heavy atom. The Kier molecular flexibility index (Phi) is 6.31. The van der Waals surface area contributed by atoms with Crippen LogP contribution >= 0.6 is 11.8 Å². The van der Waals surface area contributed by atoms with Crippen molar-refractivity contribution in [3.8, 4) is 0 Å². The zero-order chi connectivity index (χ0) is 23.1. The third-order valence-electron chi connectivity index (χ3n) is 7.95. The minimum absolute atomic E-state index is 0.0106. The molecule has 2 aliphatic carbocycles. The van der Waals surface area contributed by atoms with Crippen LogP contribution in [0.3, 0.4) is 0 Å². The van der Waals surface area contributed by atoms with Crippen LogP contribution in [0.5, 0.6) is 0 Å². The van der Waals surface area contributed by atoms with Gasteiger partial charge in [0.05, 0.1) is 30.2 Å². The van der Waals surface area contributed by atoms with Crippen molar-refractivity contribution in [1.82, 2.24) is 5.01 Å². The highest BCUT2D eigenvalue weighted by Crippen LogP contribution is 2.70. The molecule has 32 heavy (non-hydrogen) atoms. The van der Waals surface area contributed by atoms with Gasteiger partial charge in [-0.1, -0.05) is 39.0 Å². The molecule has 4 rings (SSSR count). The number of hydrogen-bond acceptors (Lipinski definition) is 5. The molecular weight excluding hydrogens is 424 g/mol. The second kappa shape index (κ2) is 8.73. The standard InChI is InChI=1S/C25H34N2O4S/c1-5-31-22(29)12-14-32-17(2)15-21(28)27-20-16-18-11-13-25(20,24(18,3)4)23(30)26(27)19-9-7-6-8-10-19/h6-10,17-18,20H,5,11-16H2,1-4H3/t17-,18+,20+,25-/m0/s1. The molecule has 4 atom stereocenters. The van der Waals surface area contributed by atoms with Gasteiger partial charge in [0, 0.05) is 17.4 Å². The summed E-state index contributed by atoms with van der Waals surface area (Å²) in [5, 5.41) is 3.51. The molecule has 1 aliphatic heterocycles. The van der Waals surface area contributed by atoms with Crippen molar-refractivity contribution < 1.29 is 19.1 Å². The molecule has 1 aromatic carbocycles. The van der Waals surface area contributed by atoms with E-state index in [9.17, 15) is 14.4 Å². The van der Waals surface area contributed by atoms with E-state index in [4.69, 9.17) is 4.74 Å². The molecule has 0 radical (unpaired) electrons. The molecule has 3 aliphatic rings. The van der Waals surface area contributed by atoms with Crippen LogP contribution in [0.25, 0.3) is 0 Å². The highest BCUT2D eigenvalue weighted by molar-refractivity contribution is 7.99. The normalized spacial score (nSPS) is 28.7. The summed E-state index contributed by atoms with van der Waals surface area (Å²) in [6, 6.07) is 9.49. The number of fused-ring (bicyclic) bond motifs is 1. The zero-order valence-electron chi connectivity index (χ0n) is 19.5. The third kappa shape index (κ3) is 3.53. The number of nitrogens with zero attached hydrogens (tertiary/aromatic N) is 2. The second-order valence-electron chi connectivity index (χ2n) is 9.81. The van der Waals surface area contributed by atoms with Crippen molar-refractivity contribution in [3.05, 3.63) is 30.3 Å². The van der Waals surface area contributed by atoms with Gasteiger partial charge in [0.2, 0.25) is 5.91 Å². The van der Waals surface area contributed by atoms with Gasteiger partial charge in [0.1, 0.15) is 0 Å². The van der Waals surface area contributed by atoms with Crippen LogP contribution in [0.1, 0.15) is 59.8 Å². The van der Waals surface area contributed by atoms with Crippen molar-refractivity contribution >= 4 is 35.2 Å². The van der Waals surface area contributed by atoms with E-state index in [1.54, 1.807) is 28.7 Å². The van der Waals surface area contributed by atoms with Crippen molar-refractivity contribution in [2.75, 3.05) is 17.4 Å². The number of hydrazine groups is 1. The van der Waals surface area contributed by atoms with E-state index in [2.05, 4.69) is 13.8 Å². The lowest BCUT2D eigenvalue weighted by Gasteiger charge is -2.35. The summed E-state index contributed by atoms with van der Waals surface area (Å²) in [5.74, 6) is 0.959. The molecule has 174 valence electrons. The first-order valence-electron chi connectivity index (χ1n) is 11.7. The van der Waals surface area contributed by atoms with E-state index in [0.29, 0.717) is 31.1 Å². The van der Waals surface area contributed by atoms with Gasteiger partial charge in [0.15, 0.2) is 0 Å². The van der Waals surface area contributed by atoms with E-state index in [0.717, 1.165) is 24.9 Å². The van der Waals surface area contributed by atoms with Gasteiger partial charge in [0.25, 0.3) is 5.91 Å². The van der Waals surface area contributed by atoms with Crippen molar-refractivity contribution in [1.29, 1.82) is 0 Å². The molecule has 1 heterocycles. The molecule has 0 aromatic heterocycles. The third-order valence-corrected chi connectivity index (χ3v) is 9.13. The quantitative estimate of drug-likeness (QED) is 0.539. The highest BCUT2D eigenvalue weighted by atomic mass is 32.2. The predicted molar refractivity (Wildman–Crippen MR) is 126 cm³/mol. The lowest BCUT2D eigenvalue weighted by molar-refractivity contribution is -0.142. The van der Waals surface area contributed by atoms with Crippen LogP contribution in [-0.4, -0.2) is 46.4 Å². The van der Waals surface area contributed by atoms with E-state index in [-0.39, 0.29) is 34.5 Å². The van der Waals surface area contributed by atoms with E-state index >= 15 is 0 Å². The first-order chi connectivity index (χ1) is 15.2. The minimum Gasteiger partial charge on any atom is -0.466 e. The number of hydrogen-bond donors (Lipinski definition) is 0. The fourth-order valence-electron chi connectivity index (χ4n) is 6.26. The lowest BCUT2D eigenvalue weighted by atomic mass is 9.67. The Hall–Kier alpha value is -2.02. The molecule has 1 spiro atoms. The summed E-state index contributed by atoms with van der Waals surface area (Å²) in [6.45, 7) is 8.63. The fourth-order valence-corrected chi connectivity index (χ4v) is 7.21. The predicted octanol–water partition coefficient (Wildman–Crippen LogP) is 4.44. The number of carbonyl (C=O) groups is 3. The zero-order valence-corrected chi connectivity index (χ0v) is 20.3. The van der Waals surface area contributed by atoms with Crippen LogP contribution < -0.4 is 5.01 Å². The topological polar surface area (TPSA) is 66.9 Å². The van der Waals surface area contributed by atoms with Gasteiger partial charge in [-0.2, -0.15) is 11.8 Å². The summed E-state index contributed by atoms with van der Waals surface area (Å²) in [5.41, 5.74) is 0.150. The molecule has 1 saturated heterocycles. The fraction of sp³-hybridized carbons (Fsp3) is 0.640. The number of carbonyl (C=O) groups excluding carboxylic acids is 3. The monoisotopic (exact) mass is 458 g/mol. The molecule has 0 N–H and O–H groups in total. The molecule has 2 saturated carbocycles. The second-order valence-corrected chi connectivity index (χ2v) is 11.4. The molecule has 2 amide bonds. The number of para-hydroxylation sites is 1. The Balaban J connectivity index is 1.54.